The molecule has 1 aromatic carbocycles. The minimum absolute atomic E-state index is 0.211. The Labute approximate surface area is 181 Å². The first-order valence-electron chi connectivity index (χ1n) is 8.09. The summed E-state index contributed by atoms with van der Waals surface area (Å²) >= 11 is 24.0. The number of pyridine rings is 1. The van der Waals surface area contributed by atoms with Crippen LogP contribution in [0, 0.1) is 0 Å². The molecule has 0 unspecified atom stereocenters. The van der Waals surface area contributed by atoms with Crippen LogP contribution in [0.25, 0.3) is 22.6 Å². The predicted octanol–water partition coefficient (Wildman–Crippen LogP) is 4.81. The Hall–Kier alpha value is -1.83. The molecule has 0 saturated carbocycles. The molecule has 0 fully saturated rings. The highest BCUT2D eigenvalue weighted by atomic mass is 35.5. The van der Waals surface area contributed by atoms with Gasteiger partial charge in [-0.2, -0.15) is 0 Å². The molecule has 0 atom stereocenters. The molecule has 28 heavy (non-hydrogen) atoms. The van der Waals surface area contributed by atoms with Crippen LogP contribution in [-0.4, -0.2) is 34.0 Å². The normalized spacial score (nSPS) is 11.1. The zero-order valence-electron chi connectivity index (χ0n) is 14.3. The number of aromatic nitrogens is 2. The second kappa shape index (κ2) is 9.11. The van der Waals surface area contributed by atoms with E-state index in [-0.39, 0.29) is 13.1 Å². The van der Waals surface area contributed by atoms with Crippen LogP contribution in [0.4, 0.5) is 5.69 Å². The van der Waals surface area contributed by atoms with Crippen molar-refractivity contribution in [2.45, 2.75) is 4.84 Å². The number of amides is 1. The van der Waals surface area contributed by atoms with E-state index < -0.39 is 10.7 Å². The van der Waals surface area contributed by atoms with Crippen molar-refractivity contribution >= 4 is 58.0 Å². The molecule has 0 aliphatic carbocycles. The van der Waals surface area contributed by atoms with E-state index in [1.54, 1.807) is 36.5 Å². The van der Waals surface area contributed by atoms with Crippen molar-refractivity contribution in [3.8, 4) is 22.6 Å². The van der Waals surface area contributed by atoms with Gasteiger partial charge in [-0.1, -0.05) is 57.6 Å². The molecule has 10 heteroatoms. The maximum absolute atomic E-state index is 12.4. The number of hydrogen-bond acceptors (Lipinski definition) is 5. The first-order valence-corrected chi connectivity index (χ1v) is 9.72. The van der Waals surface area contributed by atoms with Crippen molar-refractivity contribution < 1.29 is 9.32 Å². The molecule has 3 rings (SSSR count). The lowest BCUT2D eigenvalue weighted by Crippen LogP contribution is -2.39. The summed E-state index contributed by atoms with van der Waals surface area (Å²) in [7, 11) is 0. The molecule has 0 aliphatic rings. The van der Waals surface area contributed by atoms with E-state index in [2.05, 4.69) is 10.1 Å². The summed E-state index contributed by atoms with van der Waals surface area (Å²) in [6.45, 7) is 0.425. The number of alkyl halides is 2. The van der Waals surface area contributed by atoms with Gasteiger partial charge >= 0.3 is 0 Å². The minimum Gasteiger partial charge on any atom is -0.356 e. The molecule has 3 aromatic rings. The predicted molar refractivity (Wildman–Crippen MR) is 112 cm³/mol. The minimum atomic E-state index is -1.24. The molecular formula is C18H14Cl4N4O2. The number of carbonyl (C=O) groups excluding carboxylic acids is 1. The molecule has 2 N–H and O–H groups in total. The van der Waals surface area contributed by atoms with Crippen molar-refractivity contribution in [3.63, 3.8) is 0 Å². The van der Waals surface area contributed by atoms with Crippen LogP contribution in [0.3, 0.4) is 0 Å². The van der Waals surface area contributed by atoms with Crippen molar-refractivity contribution in [1.29, 1.82) is 0 Å². The van der Waals surface area contributed by atoms with Gasteiger partial charge in [0.15, 0.2) is 10.6 Å². The van der Waals surface area contributed by atoms with Crippen LogP contribution in [0.15, 0.2) is 47.2 Å². The molecule has 0 spiro atoms. The topological polar surface area (TPSA) is 85.2 Å². The monoisotopic (exact) mass is 458 g/mol. The maximum atomic E-state index is 12.4. The summed E-state index contributed by atoms with van der Waals surface area (Å²) in [5, 5.41) is 4.93. The number of halogens is 4. The van der Waals surface area contributed by atoms with E-state index in [0.717, 1.165) is 0 Å². The SMILES string of the molecule is NCCN(C(=O)C(Cl)Cl)c1ccncc1-c1cc(-c2c(Cl)cccc2Cl)no1. The Kier molecular flexibility index (Phi) is 6.80. The van der Waals surface area contributed by atoms with E-state index in [1.165, 1.54) is 11.1 Å². The average molecular weight is 460 g/mol. The van der Waals surface area contributed by atoms with Crippen LogP contribution in [-0.2, 0) is 4.79 Å². The van der Waals surface area contributed by atoms with E-state index in [0.29, 0.717) is 38.3 Å². The summed E-state index contributed by atoms with van der Waals surface area (Å²) in [5.74, 6) is -0.139. The van der Waals surface area contributed by atoms with Gasteiger partial charge in [0.25, 0.3) is 5.91 Å². The van der Waals surface area contributed by atoms with Gasteiger partial charge in [-0.3, -0.25) is 9.78 Å². The third kappa shape index (κ3) is 4.26. The Balaban J connectivity index is 2.07. The number of benzene rings is 1. The van der Waals surface area contributed by atoms with Crippen LogP contribution in [0.2, 0.25) is 10.0 Å². The fourth-order valence-electron chi connectivity index (χ4n) is 2.67. The summed E-state index contributed by atoms with van der Waals surface area (Å²) in [5.41, 5.74) is 7.64. The van der Waals surface area contributed by atoms with E-state index in [4.69, 9.17) is 56.7 Å². The van der Waals surface area contributed by atoms with Gasteiger partial charge in [-0.15, -0.1) is 0 Å². The van der Waals surface area contributed by atoms with Gasteiger partial charge in [0.2, 0.25) is 0 Å². The lowest BCUT2D eigenvalue weighted by Gasteiger charge is -2.24. The Morgan fingerprint density at radius 3 is 2.57 bits per heavy atom. The van der Waals surface area contributed by atoms with Crippen molar-refractivity contribution in [2.75, 3.05) is 18.0 Å². The number of carbonyl (C=O) groups is 1. The summed E-state index contributed by atoms with van der Waals surface area (Å²) in [6.07, 6.45) is 3.08. The summed E-state index contributed by atoms with van der Waals surface area (Å²) in [4.78, 5) is 16.7. The molecule has 146 valence electrons. The van der Waals surface area contributed by atoms with Gasteiger partial charge in [-0.05, 0) is 18.2 Å². The number of rotatable bonds is 6. The number of hydrogen-bond donors (Lipinski definition) is 1. The molecule has 0 saturated heterocycles. The van der Waals surface area contributed by atoms with Crippen molar-refractivity contribution in [2.24, 2.45) is 5.73 Å². The Bertz CT molecular complexity index is 973. The molecule has 0 aliphatic heterocycles. The quantitative estimate of drug-likeness (QED) is 0.534. The molecular weight excluding hydrogens is 446 g/mol. The number of nitrogens with zero attached hydrogens (tertiary/aromatic N) is 3. The van der Waals surface area contributed by atoms with Crippen molar-refractivity contribution in [1.82, 2.24) is 10.1 Å². The average Bonchev–Trinajstić information content (AvgIpc) is 3.15. The number of nitrogens with two attached hydrogens (primary N) is 1. The first kappa shape index (κ1) is 20.9. The largest absolute Gasteiger partial charge is 0.356 e. The molecule has 2 heterocycles. The fourth-order valence-corrected chi connectivity index (χ4v) is 3.50. The van der Waals surface area contributed by atoms with Gasteiger partial charge in [0.1, 0.15) is 5.69 Å². The second-order valence-electron chi connectivity index (χ2n) is 5.65. The zero-order chi connectivity index (χ0) is 20.3. The van der Waals surface area contributed by atoms with Crippen molar-refractivity contribution in [3.05, 3.63) is 52.8 Å². The molecule has 1 amide bonds. The highest BCUT2D eigenvalue weighted by Gasteiger charge is 2.25. The van der Waals surface area contributed by atoms with E-state index in [9.17, 15) is 4.79 Å². The van der Waals surface area contributed by atoms with E-state index >= 15 is 0 Å². The molecule has 0 bridgehead atoms. The second-order valence-corrected chi connectivity index (χ2v) is 7.56. The van der Waals surface area contributed by atoms with Crippen LogP contribution < -0.4 is 10.6 Å². The lowest BCUT2D eigenvalue weighted by molar-refractivity contribution is -0.117. The smallest absolute Gasteiger partial charge is 0.260 e. The van der Waals surface area contributed by atoms with Crippen LogP contribution >= 0.6 is 46.4 Å². The Morgan fingerprint density at radius 2 is 1.93 bits per heavy atom. The fraction of sp³-hybridized carbons (Fsp3) is 0.167. The van der Waals surface area contributed by atoms with Gasteiger partial charge in [-0.25, -0.2) is 0 Å². The number of anilines is 1. The van der Waals surface area contributed by atoms with Gasteiger partial charge < -0.3 is 15.2 Å². The maximum Gasteiger partial charge on any atom is 0.260 e. The zero-order valence-corrected chi connectivity index (χ0v) is 17.3. The summed E-state index contributed by atoms with van der Waals surface area (Å²) < 4.78 is 5.48. The molecule has 6 nitrogen and oxygen atoms in total. The lowest BCUT2D eigenvalue weighted by atomic mass is 10.1. The van der Waals surface area contributed by atoms with E-state index in [1.807, 2.05) is 0 Å². The van der Waals surface area contributed by atoms with Crippen LogP contribution in [0.5, 0.6) is 0 Å². The first-order chi connectivity index (χ1) is 13.4. The third-order valence-corrected chi connectivity index (χ3v) is 4.89. The van der Waals surface area contributed by atoms with Crippen LogP contribution in [0.1, 0.15) is 0 Å². The Morgan fingerprint density at radius 1 is 1.21 bits per heavy atom. The summed E-state index contributed by atoms with van der Waals surface area (Å²) in [6, 6.07) is 8.45. The highest BCUT2D eigenvalue weighted by molar-refractivity contribution is 6.54. The molecule has 0 radical (unpaired) electrons. The van der Waals surface area contributed by atoms with Gasteiger partial charge in [0.05, 0.1) is 21.3 Å². The van der Waals surface area contributed by atoms with Gasteiger partial charge in [0, 0.05) is 37.1 Å². The highest BCUT2D eigenvalue weighted by Crippen LogP contribution is 2.38. The standard InChI is InChI=1S/C18H14Cl4N4O2/c19-11-2-1-3-12(20)16(11)13-8-15(28-25-13)10-9-24-6-4-14(10)26(7-5-23)18(27)17(21)22/h1-4,6,8-9,17H,5,7,23H2. The molecule has 2 aromatic heterocycles. The third-order valence-electron chi connectivity index (χ3n) is 3.89.